The van der Waals surface area contributed by atoms with E-state index in [9.17, 15) is 14.7 Å². The van der Waals surface area contributed by atoms with E-state index in [0.717, 1.165) is 27.5 Å². The van der Waals surface area contributed by atoms with Gasteiger partial charge in [0.2, 0.25) is 0 Å². The lowest BCUT2D eigenvalue weighted by molar-refractivity contribution is -0.159. The lowest BCUT2D eigenvalue weighted by atomic mass is 9.95. The lowest BCUT2D eigenvalue weighted by Crippen LogP contribution is -2.28. The average Bonchev–Trinajstić information content (AvgIpc) is 3.49. The molecule has 4 heteroatoms. The van der Waals surface area contributed by atoms with Gasteiger partial charge in [0.05, 0.1) is 7.11 Å². The molecule has 4 rings (SSSR count). The fourth-order valence-corrected chi connectivity index (χ4v) is 3.75. The molecule has 3 aromatic carbocycles. The zero-order valence-electron chi connectivity index (χ0n) is 15.3. The maximum atomic E-state index is 12.1. The molecule has 1 aliphatic carbocycles. The van der Waals surface area contributed by atoms with Gasteiger partial charge in [-0.25, -0.2) is 0 Å². The predicted molar refractivity (Wildman–Crippen MR) is 106 cm³/mol. The number of ether oxygens (including phenoxy) is 1. The molecule has 28 heavy (non-hydrogen) atoms. The Labute approximate surface area is 162 Å². The van der Waals surface area contributed by atoms with Crippen molar-refractivity contribution in [2.24, 2.45) is 5.41 Å². The number of fused-ring (bicyclic) bond motifs is 1. The van der Waals surface area contributed by atoms with Crippen LogP contribution in [0.4, 0.5) is 0 Å². The van der Waals surface area contributed by atoms with Gasteiger partial charge in [-0.15, -0.1) is 0 Å². The summed E-state index contributed by atoms with van der Waals surface area (Å²) in [4.78, 5) is 23.9. The van der Waals surface area contributed by atoms with Crippen LogP contribution in [0.5, 0.6) is 0 Å². The molecule has 0 spiro atoms. The summed E-state index contributed by atoms with van der Waals surface area (Å²) >= 11 is 0. The Morgan fingerprint density at radius 3 is 2.39 bits per heavy atom. The van der Waals surface area contributed by atoms with Crippen LogP contribution < -0.4 is 0 Å². The number of carbonyl (C=O) groups excluding carboxylic acids is 1. The molecular weight excluding hydrogens is 352 g/mol. The molecule has 0 aromatic heterocycles. The second-order valence-corrected chi connectivity index (χ2v) is 6.89. The Hall–Kier alpha value is -3.58. The molecule has 4 nitrogen and oxygen atoms in total. The van der Waals surface area contributed by atoms with Crippen LogP contribution in [-0.2, 0) is 14.3 Å². The minimum Gasteiger partial charge on any atom is -0.480 e. The summed E-state index contributed by atoms with van der Waals surface area (Å²) in [6.45, 7) is 0. The summed E-state index contributed by atoms with van der Waals surface area (Å²) in [6.07, 6.45) is 0.224. The standard InChI is InChI=1S/C24H18O4/c1-28-23(27)24(22(25)26)15-21(24)20-12-5-3-8-18(20)14-13-17-10-6-9-16-7-2-4-11-19(16)17/h2-12,21H,15H2,1H3,(H,25,26)/t21-,24-/m0/s1. The smallest absolute Gasteiger partial charge is 0.323 e. The molecular formula is C24H18O4. The van der Waals surface area contributed by atoms with Gasteiger partial charge in [0.25, 0.3) is 0 Å². The van der Waals surface area contributed by atoms with E-state index in [1.165, 1.54) is 7.11 Å². The molecule has 1 N–H and O–H groups in total. The maximum absolute atomic E-state index is 12.1. The van der Waals surface area contributed by atoms with Crippen LogP contribution in [-0.4, -0.2) is 24.2 Å². The van der Waals surface area contributed by atoms with Gasteiger partial charge in [0.15, 0.2) is 5.41 Å². The van der Waals surface area contributed by atoms with Crippen molar-refractivity contribution in [2.75, 3.05) is 7.11 Å². The fraction of sp³-hybridized carbons (Fsp3) is 0.167. The molecule has 3 aromatic rings. The van der Waals surface area contributed by atoms with Crippen molar-refractivity contribution in [3.8, 4) is 11.8 Å². The van der Waals surface area contributed by atoms with Gasteiger partial charge in [-0.2, -0.15) is 0 Å². The molecule has 2 atom stereocenters. The van der Waals surface area contributed by atoms with Crippen LogP contribution in [0.1, 0.15) is 29.0 Å². The van der Waals surface area contributed by atoms with E-state index < -0.39 is 23.3 Å². The van der Waals surface area contributed by atoms with Crippen molar-refractivity contribution < 1.29 is 19.4 Å². The van der Waals surface area contributed by atoms with Gasteiger partial charge in [0.1, 0.15) is 0 Å². The fourth-order valence-electron chi connectivity index (χ4n) is 3.75. The summed E-state index contributed by atoms with van der Waals surface area (Å²) in [5, 5.41) is 11.8. The first-order valence-electron chi connectivity index (χ1n) is 8.98. The van der Waals surface area contributed by atoms with Gasteiger partial charge < -0.3 is 9.84 Å². The first-order chi connectivity index (χ1) is 13.6. The third-order valence-corrected chi connectivity index (χ3v) is 5.35. The Balaban J connectivity index is 1.74. The molecule has 138 valence electrons. The minimum atomic E-state index is -1.51. The summed E-state index contributed by atoms with van der Waals surface area (Å²) < 4.78 is 4.75. The van der Waals surface area contributed by atoms with Crippen LogP contribution in [0.25, 0.3) is 10.8 Å². The maximum Gasteiger partial charge on any atom is 0.323 e. The Morgan fingerprint density at radius 2 is 1.61 bits per heavy atom. The van der Waals surface area contributed by atoms with Crippen LogP contribution in [0.3, 0.4) is 0 Å². The molecule has 0 unspecified atom stereocenters. The van der Waals surface area contributed by atoms with E-state index in [4.69, 9.17) is 4.74 Å². The molecule has 0 amide bonds. The number of carboxylic acids is 1. The quantitative estimate of drug-likeness (QED) is 0.430. The number of rotatable bonds is 3. The lowest BCUT2D eigenvalue weighted by Gasteiger charge is -2.11. The summed E-state index contributed by atoms with van der Waals surface area (Å²) in [6, 6.07) is 21.4. The first kappa shape index (κ1) is 17.8. The zero-order valence-corrected chi connectivity index (χ0v) is 15.3. The van der Waals surface area contributed by atoms with Crippen LogP contribution in [0, 0.1) is 17.3 Å². The summed E-state index contributed by atoms with van der Waals surface area (Å²) in [7, 11) is 1.22. The van der Waals surface area contributed by atoms with Crippen LogP contribution >= 0.6 is 0 Å². The highest BCUT2D eigenvalue weighted by atomic mass is 16.5. The predicted octanol–water partition coefficient (Wildman–Crippen LogP) is 3.97. The van der Waals surface area contributed by atoms with E-state index in [0.29, 0.717) is 0 Å². The topological polar surface area (TPSA) is 63.6 Å². The molecule has 0 radical (unpaired) electrons. The Bertz CT molecular complexity index is 1150. The largest absolute Gasteiger partial charge is 0.480 e. The molecule has 1 aliphatic rings. The van der Waals surface area contributed by atoms with Gasteiger partial charge >= 0.3 is 11.9 Å². The third-order valence-electron chi connectivity index (χ3n) is 5.35. The number of methoxy groups -OCH3 is 1. The molecule has 0 bridgehead atoms. The second-order valence-electron chi connectivity index (χ2n) is 6.89. The van der Waals surface area contributed by atoms with Crippen LogP contribution in [0.15, 0.2) is 66.7 Å². The SMILES string of the molecule is COC(=O)[C@@]1(C(=O)O)C[C@H]1c1ccccc1C#Cc1cccc2ccccc12. The number of carboxylic acid groups (broad SMARTS) is 1. The second kappa shape index (κ2) is 6.86. The van der Waals surface area contributed by atoms with Crippen molar-refractivity contribution in [1.29, 1.82) is 0 Å². The summed E-state index contributed by atoms with van der Waals surface area (Å²) in [5.74, 6) is 4.10. The number of esters is 1. The highest BCUT2D eigenvalue weighted by molar-refractivity contribution is 6.04. The van der Waals surface area contributed by atoms with Crippen molar-refractivity contribution in [3.63, 3.8) is 0 Å². The molecule has 0 heterocycles. The van der Waals surface area contributed by atoms with E-state index in [2.05, 4.69) is 11.8 Å². The first-order valence-corrected chi connectivity index (χ1v) is 8.98. The highest BCUT2D eigenvalue weighted by Gasteiger charge is 2.68. The van der Waals surface area contributed by atoms with Gasteiger partial charge in [0, 0.05) is 17.0 Å². The van der Waals surface area contributed by atoms with Crippen molar-refractivity contribution in [3.05, 3.63) is 83.4 Å². The molecule has 1 fully saturated rings. The Morgan fingerprint density at radius 1 is 0.964 bits per heavy atom. The normalized spacial score (nSPS) is 20.1. The minimum absolute atomic E-state index is 0.224. The highest BCUT2D eigenvalue weighted by Crippen LogP contribution is 2.60. The summed E-state index contributed by atoms with van der Waals surface area (Å²) in [5.41, 5.74) is 0.892. The number of aliphatic carboxylic acids is 1. The Kier molecular flexibility index (Phi) is 4.37. The number of benzene rings is 3. The molecule has 0 saturated heterocycles. The van der Waals surface area contributed by atoms with E-state index in [1.54, 1.807) is 0 Å². The van der Waals surface area contributed by atoms with Crippen molar-refractivity contribution in [2.45, 2.75) is 12.3 Å². The van der Waals surface area contributed by atoms with Crippen molar-refractivity contribution >= 4 is 22.7 Å². The third kappa shape index (κ3) is 2.82. The van der Waals surface area contributed by atoms with Crippen molar-refractivity contribution in [1.82, 2.24) is 0 Å². The van der Waals surface area contributed by atoms with E-state index in [-0.39, 0.29) is 6.42 Å². The number of hydrogen-bond acceptors (Lipinski definition) is 3. The van der Waals surface area contributed by atoms with Gasteiger partial charge in [-0.05, 0) is 34.9 Å². The van der Waals surface area contributed by atoms with Gasteiger partial charge in [-0.3, -0.25) is 9.59 Å². The van der Waals surface area contributed by atoms with E-state index >= 15 is 0 Å². The monoisotopic (exact) mass is 370 g/mol. The average molecular weight is 370 g/mol. The van der Waals surface area contributed by atoms with Crippen LogP contribution in [0.2, 0.25) is 0 Å². The van der Waals surface area contributed by atoms with Gasteiger partial charge in [-0.1, -0.05) is 66.4 Å². The van der Waals surface area contributed by atoms with E-state index in [1.807, 2.05) is 66.7 Å². The molecule has 1 saturated carbocycles. The number of carbonyl (C=O) groups is 2. The molecule has 0 aliphatic heterocycles. The number of hydrogen-bond donors (Lipinski definition) is 1. The zero-order chi connectivity index (χ0) is 19.7.